The molecule has 1 aliphatic heterocycles. The molecule has 6 nitrogen and oxygen atoms in total. The third-order valence-corrected chi connectivity index (χ3v) is 3.94. The SMILES string of the molecule is COc1cc(O)c(C(=O)CC2OC(=O)c3ccccc32)c(OC)c1. The van der Waals surface area contributed by atoms with Gasteiger partial charge >= 0.3 is 5.97 Å². The summed E-state index contributed by atoms with van der Waals surface area (Å²) in [6.45, 7) is 0. The molecule has 0 aromatic heterocycles. The molecule has 0 saturated carbocycles. The maximum Gasteiger partial charge on any atom is 0.339 e. The molecule has 3 rings (SSSR count). The molecule has 0 bridgehead atoms. The second-order valence-corrected chi connectivity index (χ2v) is 5.33. The molecule has 6 heteroatoms. The number of benzene rings is 2. The first-order chi connectivity index (χ1) is 11.5. The Morgan fingerprint density at radius 2 is 1.96 bits per heavy atom. The third kappa shape index (κ3) is 2.67. The van der Waals surface area contributed by atoms with Crippen LogP contribution in [0.4, 0.5) is 0 Å². The van der Waals surface area contributed by atoms with E-state index in [1.807, 2.05) is 0 Å². The number of hydrogen-bond acceptors (Lipinski definition) is 6. The molecule has 1 aliphatic rings. The molecule has 1 atom stereocenters. The number of phenols is 1. The van der Waals surface area contributed by atoms with Gasteiger partial charge in [0.05, 0.1) is 26.2 Å². The highest BCUT2D eigenvalue weighted by Gasteiger charge is 2.33. The smallest absolute Gasteiger partial charge is 0.339 e. The van der Waals surface area contributed by atoms with Gasteiger partial charge in [0.2, 0.25) is 0 Å². The van der Waals surface area contributed by atoms with E-state index in [4.69, 9.17) is 14.2 Å². The molecule has 0 spiro atoms. The van der Waals surface area contributed by atoms with Gasteiger partial charge in [-0.15, -0.1) is 0 Å². The van der Waals surface area contributed by atoms with E-state index < -0.39 is 12.1 Å². The van der Waals surface area contributed by atoms with E-state index in [-0.39, 0.29) is 29.3 Å². The molecule has 2 aromatic rings. The Balaban J connectivity index is 1.91. The first-order valence-electron chi connectivity index (χ1n) is 7.33. The van der Waals surface area contributed by atoms with E-state index in [0.29, 0.717) is 16.9 Å². The fourth-order valence-corrected chi connectivity index (χ4v) is 2.78. The zero-order chi connectivity index (χ0) is 17.3. The van der Waals surface area contributed by atoms with Gasteiger partial charge in [-0.05, 0) is 6.07 Å². The monoisotopic (exact) mass is 328 g/mol. The Morgan fingerprint density at radius 3 is 2.67 bits per heavy atom. The second-order valence-electron chi connectivity index (χ2n) is 5.33. The molecular weight excluding hydrogens is 312 g/mol. The number of phenolic OH excluding ortho intramolecular Hbond substituents is 1. The Bertz CT molecular complexity index is 811. The van der Waals surface area contributed by atoms with Crippen LogP contribution in [-0.2, 0) is 4.74 Å². The van der Waals surface area contributed by atoms with Crippen molar-refractivity contribution >= 4 is 11.8 Å². The average molecular weight is 328 g/mol. The van der Waals surface area contributed by atoms with Crippen LogP contribution in [0.25, 0.3) is 0 Å². The van der Waals surface area contributed by atoms with Crippen molar-refractivity contribution in [1.82, 2.24) is 0 Å². The molecule has 2 aromatic carbocycles. The first-order valence-corrected chi connectivity index (χ1v) is 7.33. The first kappa shape index (κ1) is 15.9. The summed E-state index contributed by atoms with van der Waals surface area (Å²) in [6.07, 6.45) is -0.758. The van der Waals surface area contributed by atoms with E-state index in [1.54, 1.807) is 24.3 Å². The summed E-state index contributed by atoms with van der Waals surface area (Å²) in [4.78, 5) is 24.5. The minimum Gasteiger partial charge on any atom is -0.507 e. The van der Waals surface area contributed by atoms with Crippen molar-refractivity contribution in [2.45, 2.75) is 12.5 Å². The topological polar surface area (TPSA) is 82.1 Å². The highest BCUT2D eigenvalue weighted by molar-refractivity contribution is 6.03. The number of methoxy groups -OCH3 is 2. The van der Waals surface area contributed by atoms with Crippen molar-refractivity contribution in [1.29, 1.82) is 0 Å². The summed E-state index contributed by atoms with van der Waals surface area (Å²) in [7, 11) is 2.85. The lowest BCUT2D eigenvalue weighted by Gasteiger charge is -2.14. The normalized spacial score (nSPS) is 15.6. The van der Waals surface area contributed by atoms with E-state index >= 15 is 0 Å². The fraction of sp³-hybridized carbons (Fsp3) is 0.222. The van der Waals surface area contributed by atoms with Crippen LogP contribution in [-0.4, -0.2) is 31.1 Å². The number of ketones is 1. The number of ether oxygens (including phenoxy) is 3. The van der Waals surface area contributed by atoms with Crippen molar-refractivity contribution in [3.8, 4) is 17.2 Å². The van der Waals surface area contributed by atoms with Crippen LogP contribution in [0.3, 0.4) is 0 Å². The molecule has 0 radical (unpaired) electrons. The van der Waals surface area contributed by atoms with Crippen LogP contribution >= 0.6 is 0 Å². The molecule has 1 N–H and O–H groups in total. The number of Topliss-reactive ketones (excluding diaryl/α,β-unsaturated/α-hetero) is 1. The number of aromatic hydroxyl groups is 1. The van der Waals surface area contributed by atoms with Gasteiger partial charge < -0.3 is 19.3 Å². The zero-order valence-electron chi connectivity index (χ0n) is 13.2. The van der Waals surface area contributed by atoms with E-state index in [2.05, 4.69) is 0 Å². The summed E-state index contributed by atoms with van der Waals surface area (Å²) in [5, 5.41) is 10.1. The van der Waals surface area contributed by atoms with Gasteiger partial charge in [-0.25, -0.2) is 4.79 Å². The number of esters is 1. The largest absolute Gasteiger partial charge is 0.507 e. The lowest BCUT2D eigenvalue weighted by molar-refractivity contribution is 0.0367. The number of cyclic esters (lactones) is 1. The molecule has 1 unspecified atom stereocenters. The Labute approximate surface area is 138 Å². The van der Waals surface area contributed by atoms with Crippen molar-refractivity contribution < 1.29 is 28.9 Å². The van der Waals surface area contributed by atoms with Crippen LogP contribution in [0.2, 0.25) is 0 Å². The van der Waals surface area contributed by atoms with E-state index in [9.17, 15) is 14.7 Å². The lowest BCUT2D eigenvalue weighted by Crippen LogP contribution is -2.09. The number of fused-ring (bicyclic) bond motifs is 1. The van der Waals surface area contributed by atoms with E-state index in [1.165, 1.54) is 26.4 Å². The molecule has 124 valence electrons. The zero-order valence-corrected chi connectivity index (χ0v) is 13.2. The standard InChI is InChI=1S/C18H16O6/c1-22-10-7-13(19)17(16(8-10)23-2)14(20)9-15-11-5-3-4-6-12(11)18(21)24-15/h3-8,15,19H,9H2,1-2H3. The quantitative estimate of drug-likeness (QED) is 0.671. The van der Waals surface area contributed by atoms with Crippen LogP contribution in [0.15, 0.2) is 36.4 Å². The number of carbonyl (C=O) groups excluding carboxylic acids is 2. The Hall–Kier alpha value is -3.02. The van der Waals surface area contributed by atoms with Crippen molar-refractivity contribution in [3.05, 3.63) is 53.1 Å². The lowest BCUT2D eigenvalue weighted by atomic mass is 9.97. The van der Waals surface area contributed by atoms with Gasteiger partial charge in [-0.3, -0.25) is 4.79 Å². The highest BCUT2D eigenvalue weighted by atomic mass is 16.5. The van der Waals surface area contributed by atoms with Crippen LogP contribution < -0.4 is 9.47 Å². The molecule has 0 aliphatic carbocycles. The summed E-state index contributed by atoms with van der Waals surface area (Å²) >= 11 is 0. The summed E-state index contributed by atoms with van der Waals surface area (Å²) in [6, 6.07) is 9.79. The summed E-state index contributed by atoms with van der Waals surface area (Å²) in [5.41, 5.74) is 1.17. The van der Waals surface area contributed by atoms with Crippen molar-refractivity contribution in [2.75, 3.05) is 14.2 Å². The third-order valence-electron chi connectivity index (χ3n) is 3.94. The van der Waals surface area contributed by atoms with Gasteiger partial charge in [-0.2, -0.15) is 0 Å². The van der Waals surface area contributed by atoms with Crippen molar-refractivity contribution in [2.24, 2.45) is 0 Å². The van der Waals surface area contributed by atoms with Gasteiger partial charge in [0.1, 0.15) is 28.9 Å². The van der Waals surface area contributed by atoms with Gasteiger partial charge in [0.15, 0.2) is 5.78 Å². The van der Waals surface area contributed by atoms with Crippen LogP contribution in [0.5, 0.6) is 17.2 Å². The highest BCUT2D eigenvalue weighted by Crippen LogP contribution is 2.38. The molecule has 1 heterocycles. The van der Waals surface area contributed by atoms with Crippen LogP contribution in [0.1, 0.15) is 38.8 Å². The predicted octanol–water partition coefficient (Wildman–Crippen LogP) is 2.89. The average Bonchev–Trinajstić information content (AvgIpc) is 2.90. The van der Waals surface area contributed by atoms with Crippen molar-refractivity contribution in [3.63, 3.8) is 0 Å². The predicted molar refractivity (Wildman–Crippen MR) is 84.8 cm³/mol. The van der Waals surface area contributed by atoms with Crippen LogP contribution in [0, 0.1) is 0 Å². The minimum atomic E-state index is -0.674. The maximum atomic E-state index is 12.6. The van der Waals surface area contributed by atoms with E-state index in [0.717, 1.165) is 0 Å². The molecule has 0 amide bonds. The Morgan fingerprint density at radius 1 is 1.21 bits per heavy atom. The van der Waals surface area contributed by atoms with Gasteiger partial charge in [0.25, 0.3) is 0 Å². The fourth-order valence-electron chi connectivity index (χ4n) is 2.78. The second kappa shape index (κ2) is 6.23. The Kier molecular flexibility index (Phi) is 4.12. The summed E-state index contributed by atoms with van der Waals surface area (Å²) < 4.78 is 15.5. The molecule has 24 heavy (non-hydrogen) atoms. The summed E-state index contributed by atoms with van der Waals surface area (Å²) in [5.74, 6) is -0.502. The minimum absolute atomic E-state index is 0.0405. The molecular formula is C18H16O6. The van der Waals surface area contributed by atoms with Gasteiger partial charge in [-0.1, -0.05) is 18.2 Å². The number of rotatable bonds is 5. The molecule has 0 saturated heterocycles. The molecule has 0 fully saturated rings. The maximum absolute atomic E-state index is 12.6. The number of hydrogen-bond donors (Lipinski definition) is 1. The van der Waals surface area contributed by atoms with Gasteiger partial charge in [0, 0.05) is 17.7 Å². The number of carbonyl (C=O) groups is 2.